The first-order chi connectivity index (χ1) is 22.2. The Labute approximate surface area is 268 Å². The highest BCUT2D eigenvalue weighted by Crippen LogP contribution is 2.39. The van der Waals surface area contributed by atoms with Crippen LogP contribution < -0.4 is 5.46 Å². The van der Waals surface area contributed by atoms with E-state index in [4.69, 9.17) is 15.0 Å². The second-order valence-corrected chi connectivity index (χ2v) is 12.7. The van der Waals surface area contributed by atoms with Crippen molar-refractivity contribution in [3.05, 3.63) is 125 Å². The molecular weight excluding hydrogens is 567 g/mol. The lowest BCUT2D eigenvalue weighted by Crippen LogP contribution is -2.24. The number of hydrogen-bond acceptors (Lipinski definition) is 4. The van der Waals surface area contributed by atoms with E-state index < -0.39 is 0 Å². The number of hydrogen-bond donors (Lipinski definition) is 0. The van der Waals surface area contributed by atoms with Gasteiger partial charge < -0.3 is 4.48 Å². The molecular formula is C39H32BN4S. The highest BCUT2D eigenvalue weighted by atomic mass is 32.1. The Hall–Kier alpha value is -4.81. The van der Waals surface area contributed by atoms with Crippen molar-refractivity contribution >= 4 is 62.1 Å². The minimum absolute atomic E-state index is 0.675. The molecule has 6 aromatic rings. The maximum atomic E-state index is 5.08. The van der Waals surface area contributed by atoms with Crippen molar-refractivity contribution in [1.82, 2.24) is 19.4 Å². The number of aromatic nitrogens is 4. The van der Waals surface area contributed by atoms with E-state index in [1.807, 2.05) is 19.1 Å². The van der Waals surface area contributed by atoms with Crippen LogP contribution in [0.2, 0.25) is 0 Å². The number of fused-ring (bicyclic) bond motifs is 6. The molecule has 45 heavy (non-hydrogen) atoms. The summed E-state index contributed by atoms with van der Waals surface area (Å²) in [6, 6.07) is 23.6. The fourth-order valence-electron chi connectivity index (χ4n) is 6.54. The third-order valence-electron chi connectivity index (χ3n) is 8.79. The fraction of sp³-hybridized carbons (Fsp3) is 0.154. The van der Waals surface area contributed by atoms with Crippen molar-refractivity contribution in [2.75, 3.05) is 0 Å². The van der Waals surface area contributed by atoms with E-state index in [2.05, 4.69) is 116 Å². The molecule has 217 valence electrons. The molecule has 0 unspecified atom stereocenters. The Balaban J connectivity index is 1.20. The Morgan fingerprint density at radius 2 is 1.51 bits per heavy atom. The van der Waals surface area contributed by atoms with Crippen LogP contribution in [0.15, 0.2) is 97.1 Å². The van der Waals surface area contributed by atoms with Gasteiger partial charge in [-0.1, -0.05) is 90.4 Å². The second kappa shape index (κ2) is 11.6. The van der Waals surface area contributed by atoms with Crippen molar-refractivity contribution in [2.45, 2.75) is 39.5 Å². The largest absolute Gasteiger partial charge is 0.385 e. The van der Waals surface area contributed by atoms with Gasteiger partial charge in [-0.2, -0.15) is 0 Å². The first-order valence-corrected chi connectivity index (χ1v) is 16.5. The SMILES string of the molecule is C/C=C\C=C(/C)c1nc(-c2ccc([B]n3c4c(c5c3C=CCC5)CCC=C4)cc2)nc(-c2cccc3c2sc2ccccc23)n1. The second-order valence-electron chi connectivity index (χ2n) is 11.7. The monoisotopic (exact) mass is 599 g/mol. The fourth-order valence-corrected chi connectivity index (χ4v) is 7.75. The standard InChI is InChI=1S/C39H32BN4S/c1-3-4-12-25(2)37-41-38(43-39(42-37)32-17-11-16-31-30-15-7-10-20-35(30)45-36(31)32)26-21-23-27(24-22-26)40-44-33-18-8-5-13-28(33)29-14-6-9-19-34(29)44/h3-4,7-12,15-24H,5-6,13-14H2,1-2H3/b4-3-,25-12+. The highest BCUT2D eigenvalue weighted by molar-refractivity contribution is 7.26. The molecule has 3 heterocycles. The summed E-state index contributed by atoms with van der Waals surface area (Å²) in [6.45, 7) is 4.07. The number of allylic oxidation sites excluding steroid dienone is 6. The van der Waals surface area contributed by atoms with Gasteiger partial charge in [-0.3, -0.25) is 0 Å². The first-order valence-electron chi connectivity index (χ1n) is 15.7. The van der Waals surface area contributed by atoms with E-state index in [0.29, 0.717) is 17.5 Å². The number of nitrogens with zero attached hydrogens (tertiary/aromatic N) is 4. The molecule has 0 spiro atoms. The minimum atomic E-state index is 0.675. The lowest BCUT2D eigenvalue weighted by atomic mass is 9.81. The van der Waals surface area contributed by atoms with E-state index in [0.717, 1.165) is 47.8 Å². The van der Waals surface area contributed by atoms with E-state index in [1.54, 1.807) is 11.3 Å². The molecule has 3 aromatic carbocycles. The molecule has 2 aliphatic carbocycles. The summed E-state index contributed by atoms with van der Waals surface area (Å²) in [6.07, 6.45) is 19.8. The first kappa shape index (κ1) is 27.7. The molecule has 4 nitrogen and oxygen atoms in total. The van der Waals surface area contributed by atoms with E-state index in [1.165, 1.54) is 42.7 Å². The average Bonchev–Trinajstić information content (AvgIpc) is 3.63. The maximum Gasteiger partial charge on any atom is 0.290 e. The Kier molecular flexibility index (Phi) is 7.15. The third-order valence-corrected chi connectivity index (χ3v) is 10.0. The van der Waals surface area contributed by atoms with Gasteiger partial charge in [0.2, 0.25) is 0 Å². The van der Waals surface area contributed by atoms with Crippen LogP contribution in [-0.4, -0.2) is 26.8 Å². The van der Waals surface area contributed by atoms with Crippen LogP contribution in [-0.2, 0) is 12.8 Å². The summed E-state index contributed by atoms with van der Waals surface area (Å²) in [4.78, 5) is 15.1. The molecule has 1 radical (unpaired) electrons. The predicted octanol–water partition coefficient (Wildman–Crippen LogP) is 9.07. The third kappa shape index (κ3) is 4.99. The lowest BCUT2D eigenvalue weighted by molar-refractivity contribution is 0.922. The van der Waals surface area contributed by atoms with Gasteiger partial charge >= 0.3 is 0 Å². The normalized spacial score (nSPS) is 14.4. The van der Waals surface area contributed by atoms with Gasteiger partial charge in [0.25, 0.3) is 7.41 Å². The molecule has 0 aliphatic heterocycles. The van der Waals surface area contributed by atoms with Gasteiger partial charge in [-0.15, -0.1) is 11.3 Å². The van der Waals surface area contributed by atoms with Crippen LogP contribution in [0, 0.1) is 0 Å². The Morgan fingerprint density at radius 3 is 2.27 bits per heavy atom. The number of rotatable bonds is 6. The Bertz CT molecular complexity index is 2170. The molecule has 0 saturated heterocycles. The van der Waals surface area contributed by atoms with E-state index in [-0.39, 0.29) is 0 Å². The number of thiophene rings is 1. The molecule has 0 amide bonds. The van der Waals surface area contributed by atoms with Crippen LogP contribution in [0.5, 0.6) is 0 Å². The molecule has 2 aliphatic rings. The van der Waals surface area contributed by atoms with Gasteiger partial charge in [0.15, 0.2) is 17.5 Å². The van der Waals surface area contributed by atoms with Gasteiger partial charge in [-0.05, 0) is 80.5 Å². The molecule has 0 fully saturated rings. The van der Waals surface area contributed by atoms with Crippen molar-refractivity contribution in [1.29, 1.82) is 0 Å². The van der Waals surface area contributed by atoms with Crippen LogP contribution in [0.25, 0.3) is 60.7 Å². The zero-order valence-corrected chi connectivity index (χ0v) is 26.3. The van der Waals surface area contributed by atoms with E-state index in [9.17, 15) is 0 Å². The van der Waals surface area contributed by atoms with Crippen LogP contribution in [0.1, 0.15) is 55.0 Å². The van der Waals surface area contributed by atoms with Crippen molar-refractivity contribution < 1.29 is 0 Å². The van der Waals surface area contributed by atoms with Crippen LogP contribution >= 0.6 is 11.3 Å². The zero-order valence-electron chi connectivity index (χ0n) is 25.5. The van der Waals surface area contributed by atoms with Crippen molar-refractivity contribution in [2.24, 2.45) is 0 Å². The summed E-state index contributed by atoms with van der Waals surface area (Å²) in [7, 11) is 2.27. The molecule has 0 atom stereocenters. The molecule has 3 aromatic heterocycles. The maximum absolute atomic E-state index is 5.08. The zero-order chi connectivity index (χ0) is 30.3. The van der Waals surface area contributed by atoms with Gasteiger partial charge in [-0.25, -0.2) is 15.0 Å². The summed E-state index contributed by atoms with van der Waals surface area (Å²) >= 11 is 1.79. The van der Waals surface area contributed by atoms with Gasteiger partial charge in [0, 0.05) is 42.7 Å². The summed E-state index contributed by atoms with van der Waals surface area (Å²) in [5.41, 5.74) is 9.83. The molecule has 0 saturated carbocycles. The van der Waals surface area contributed by atoms with Crippen LogP contribution in [0.4, 0.5) is 0 Å². The number of benzene rings is 3. The highest BCUT2D eigenvalue weighted by Gasteiger charge is 2.23. The van der Waals surface area contributed by atoms with Gasteiger partial charge in [0.05, 0.1) is 0 Å². The van der Waals surface area contributed by atoms with Crippen molar-refractivity contribution in [3.8, 4) is 22.8 Å². The quantitative estimate of drug-likeness (QED) is 0.142. The summed E-state index contributed by atoms with van der Waals surface area (Å²) < 4.78 is 4.84. The van der Waals surface area contributed by atoms with Crippen molar-refractivity contribution in [3.63, 3.8) is 0 Å². The van der Waals surface area contributed by atoms with Crippen LogP contribution in [0.3, 0.4) is 0 Å². The predicted molar refractivity (Wildman–Crippen MR) is 192 cm³/mol. The Morgan fingerprint density at radius 1 is 0.800 bits per heavy atom. The molecule has 0 N–H and O–H groups in total. The molecule has 6 heteroatoms. The topological polar surface area (TPSA) is 43.6 Å². The summed E-state index contributed by atoms with van der Waals surface area (Å²) in [5.74, 6) is 2.06. The smallest absolute Gasteiger partial charge is 0.290 e. The molecule has 8 rings (SSSR count). The van der Waals surface area contributed by atoms with Gasteiger partial charge in [0.1, 0.15) is 0 Å². The lowest BCUT2D eigenvalue weighted by Gasteiger charge is -2.13. The average molecular weight is 600 g/mol. The molecule has 0 bridgehead atoms. The minimum Gasteiger partial charge on any atom is -0.385 e. The van der Waals surface area contributed by atoms with E-state index >= 15 is 0 Å². The summed E-state index contributed by atoms with van der Waals surface area (Å²) in [5, 5.41) is 2.50.